The van der Waals surface area contributed by atoms with Crippen LogP contribution < -0.4 is 10.2 Å². The molecule has 1 N–H and O–H groups in total. The lowest BCUT2D eigenvalue weighted by atomic mass is 9.79. The van der Waals surface area contributed by atoms with Crippen LogP contribution in [0.25, 0.3) is 0 Å². The number of hydrogen-bond acceptors (Lipinski definition) is 4. The molecular formula is C28H41N3O2. The molecule has 2 heterocycles. The van der Waals surface area contributed by atoms with Gasteiger partial charge >= 0.3 is 0 Å². The molecule has 33 heavy (non-hydrogen) atoms. The number of carbonyl (C=O) groups excluding carboxylic acids is 2. The highest BCUT2D eigenvalue weighted by Gasteiger charge is 2.42. The molecular weight excluding hydrogens is 410 g/mol. The number of benzene rings is 1. The third-order valence-electron chi connectivity index (χ3n) is 8.19. The topological polar surface area (TPSA) is 52.7 Å². The van der Waals surface area contributed by atoms with E-state index in [2.05, 4.69) is 36.7 Å². The van der Waals surface area contributed by atoms with Crippen molar-refractivity contribution in [3.8, 4) is 0 Å². The predicted octanol–water partition coefficient (Wildman–Crippen LogP) is 4.88. The summed E-state index contributed by atoms with van der Waals surface area (Å²) in [7, 11) is 0. The van der Waals surface area contributed by atoms with Crippen molar-refractivity contribution >= 4 is 17.4 Å². The van der Waals surface area contributed by atoms with E-state index in [1.807, 2.05) is 30.0 Å². The van der Waals surface area contributed by atoms with E-state index in [4.69, 9.17) is 0 Å². The predicted molar refractivity (Wildman–Crippen MR) is 134 cm³/mol. The van der Waals surface area contributed by atoms with Crippen molar-refractivity contribution in [1.29, 1.82) is 0 Å². The minimum Gasteiger partial charge on any atom is -0.382 e. The van der Waals surface area contributed by atoms with Crippen LogP contribution >= 0.6 is 0 Å². The number of nitrogens with zero attached hydrogens (tertiary/aromatic N) is 2. The molecule has 5 heteroatoms. The Morgan fingerprint density at radius 2 is 1.73 bits per heavy atom. The van der Waals surface area contributed by atoms with Crippen molar-refractivity contribution in [1.82, 2.24) is 10.2 Å². The van der Waals surface area contributed by atoms with Crippen molar-refractivity contribution < 1.29 is 9.59 Å². The summed E-state index contributed by atoms with van der Waals surface area (Å²) in [4.78, 5) is 30.8. The molecule has 0 aromatic heterocycles. The van der Waals surface area contributed by atoms with Crippen molar-refractivity contribution in [3.05, 3.63) is 42.1 Å². The zero-order valence-corrected chi connectivity index (χ0v) is 20.7. The standard InChI is InChI=1S/C28H41N3O2/c1-19(2)21-9-11-22(12-10-21)30-15-13-23(14-16-30)31-27-8-6-5-7-25(27)26(28(31)33)17-24(32)18-29-20(3)4/h5-8,19,21-23,26,29H,3,9-18H2,1-2,4H3. The largest absolute Gasteiger partial charge is 0.382 e. The second-order valence-corrected chi connectivity index (χ2v) is 10.8. The summed E-state index contributed by atoms with van der Waals surface area (Å²) in [5, 5.41) is 3.00. The molecule has 4 rings (SSSR count). The van der Waals surface area contributed by atoms with Crippen molar-refractivity contribution in [2.24, 2.45) is 11.8 Å². The smallest absolute Gasteiger partial charge is 0.235 e. The molecule has 1 saturated carbocycles. The van der Waals surface area contributed by atoms with Crippen LogP contribution in [0.5, 0.6) is 0 Å². The summed E-state index contributed by atoms with van der Waals surface area (Å²) in [6, 6.07) is 9.02. The summed E-state index contributed by atoms with van der Waals surface area (Å²) in [6.45, 7) is 12.7. The molecule has 1 unspecified atom stereocenters. The van der Waals surface area contributed by atoms with E-state index in [9.17, 15) is 9.59 Å². The summed E-state index contributed by atoms with van der Waals surface area (Å²) in [5.41, 5.74) is 2.80. The van der Waals surface area contributed by atoms with Crippen LogP contribution in [0.1, 0.15) is 77.2 Å². The quantitative estimate of drug-likeness (QED) is 0.612. The molecule has 1 aliphatic carbocycles. The maximum Gasteiger partial charge on any atom is 0.235 e. The van der Waals surface area contributed by atoms with Crippen LogP contribution in [-0.4, -0.2) is 48.3 Å². The van der Waals surface area contributed by atoms with Gasteiger partial charge in [-0.3, -0.25) is 9.59 Å². The number of hydrogen-bond donors (Lipinski definition) is 1. The summed E-state index contributed by atoms with van der Waals surface area (Å²) < 4.78 is 0. The van der Waals surface area contributed by atoms with Gasteiger partial charge in [-0.1, -0.05) is 38.6 Å². The molecule has 1 saturated heterocycles. The molecule has 0 radical (unpaired) electrons. The summed E-state index contributed by atoms with van der Waals surface area (Å²) in [6.07, 6.45) is 7.64. The van der Waals surface area contributed by atoms with Crippen LogP contribution in [0.3, 0.4) is 0 Å². The fraction of sp³-hybridized carbons (Fsp3) is 0.643. The van der Waals surface area contributed by atoms with Crippen LogP contribution in [-0.2, 0) is 9.59 Å². The minimum absolute atomic E-state index is 0.0554. The molecule has 5 nitrogen and oxygen atoms in total. The van der Waals surface area contributed by atoms with Crippen molar-refractivity contribution in [2.45, 2.75) is 83.7 Å². The molecule has 0 spiro atoms. The number of amides is 1. The van der Waals surface area contributed by atoms with Gasteiger partial charge in [0.2, 0.25) is 5.91 Å². The molecule has 1 atom stereocenters. The number of ketones is 1. The lowest BCUT2D eigenvalue weighted by molar-refractivity contribution is -0.124. The summed E-state index contributed by atoms with van der Waals surface area (Å²) >= 11 is 0. The molecule has 1 amide bonds. The summed E-state index contributed by atoms with van der Waals surface area (Å²) in [5.74, 6) is 1.50. The minimum atomic E-state index is -0.357. The highest BCUT2D eigenvalue weighted by Crippen LogP contribution is 2.42. The Labute approximate surface area is 199 Å². The molecule has 3 aliphatic rings. The Balaban J connectivity index is 1.38. The number of fused-ring (bicyclic) bond motifs is 1. The fourth-order valence-electron chi connectivity index (χ4n) is 6.19. The first-order valence-corrected chi connectivity index (χ1v) is 12.9. The Morgan fingerprint density at radius 3 is 2.36 bits per heavy atom. The SMILES string of the molecule is C=C(C)NCC(=O)CC1C(=O)N(C2CCN(C3CCC(C(C)C)CC3)CC2)c2ccccc21. The first-order chi connectivity index (χ1) is 15.8. The van der Waals surface area contributed by atoms with Crippen LogP contribution in [0.4, 0.5) is 5.69 Å². The van der Waals surface area contributed by atoms with Gasteiger partial charge in [-0.05, 0) is 68.9 Å². The molecule has 2 aliphatic heterocycles. The van der Waals surface area contributed by atoms with Crippen LogP contribution in [0.15, 0.2) is 36.5 Å². The Hall–Kier alpha value is -2.14. The number of piperidine rings is 1. The number of rotatable bonds is 8. The number of likely N-dealkylation sites (tertiary alicyclic amines) is 1. The van der Waals surface area contributed by atoms with Gasteiger partial charge in [0, 0.05) is 43.0 Å². The van der Waals surface area contributed by atoms with Crippen molar-refractivity contribution in [3.63, 3.8) is 0 Å². The fourth-order valence-corrected chi connectivity index (χ4v) is 6.19. The van der Waals surface area contributed by atoms with Crippen molar-refractivity contribution in [2.75, 3.05) is 24.5 Å². The normalized spacial score (nSPS) is 26.5. The number of carbonyl (C=O) groups is 2. The van der Waals surface area contributed by atoms with Gasteiger partial charge in [0.25, 0.3) is 0 Å². The van der Waals surface area contributed by atoms with Gasteiger partial charge in [-0.15, -0.1) is 0 Å². The highest BCUT2D eigenvalue weighted by molar-refractivity contribution is 6.07. The van der Waals surface area contributed by atoms with Gasteiger partial charge in [0.05, 0.1) is 12.5 Å². The molecule has 0 bridgehead atoms. The van der Waals surface area contributed by atoms with Gasteiger partial charge in [-0.2, -0.15) is 0 Å². The Morgan fingerprint density at radius 1 is 1.06 bits per heavy atom. The highest BCUT2D eigenvalue weighted by atomic mass is 16.2. The number of allylic oxidation sites excluding steroid dienone is 1. The van der Waals surface area contributed by atoms with Gasteiger partial charge in [0.1, 0.15) is 0 Å². The van der Waals surface area contributed by atoms with E-state index < -0.39 is 0 Å². The monoisotopic (exact) mass is 451 g/mol. The molecule has 2 fully saturated rings. The first kappa shape index (κ1) is 24.0. The van der Waals surface area contributed by atoms with E-state index in [-0.39, 0.29) is 36.6 Å². The Kier molecular flexibility index (Phi) is 7.58. The van der Waals surface area contributed by atoms with E-state index in [1.165, 1.54) is 25.7 Å². The van der Waals surface area contributed by atoms with E-state index >= 15 is 0 Å². The van der Waals surface area contributed by atoms with Crippen LogP contribution in [0, 0.1) is 11.8 Å². The van der Waals surface area contributed by atoms with Gasteiger partial charge in [-0.25, -0.2) is 0 Å². The zero-order valence-electron chi connectivity index (χ0n) is 20.7. The number of Topliss-reactive ketones (excluding diaryl/α,β-unsaturated/α-hetero) is 1. The number of para-hydroxylation sites is 1. The third-order valence-corrected chi connectivity index (χ3v) is 8.19. The lowest BCUT2D eigenvalue weighted by Crippen LogP contribution is -2.50. The molecule has 180 valence electrons. The second-order valence-electron chi connectivity index (χ2n) is 10.8. The molecule has 1 aromatic carbocycles. The van der Waals surface area contributed by atoms with E-state index in [0.29, 0.717) is 6.04 Å². The van der Waals surface area contributed by atoms with E-state index in [1.54, 1.807) is 0 Å². The average Bonchev–Trinajstić information content (AvgIpc) is 3.09. The maximum absolute atomic E-state index is 13.5. The first-order valence-electron chi connectivity index (χ1n) is 12.9. The van der Waals surface area contributed by atoms with Gasteiger partial charge in [0.15, 0.2) is 5.78 Å². The third kappa shape index (κ3) is 5.34. The van der Waals surface area contributed by atoms with Gasteiger partial charge < -0.3 is 15.1 Å². The maximum atomic E-state index is 13.5. The molecule has 1 aromatic rings. The lowest BCUT2D eigenvalue weighted by Gasteiger charge is -2.43. The second kappa shape index (κ2) is 10.4. The van der Waals surface area contributed by atoms with E-state index in [0.717, 1.165) is 54.7 Å². The number of nitrogens with one attached hydrogen (secondary N) is 1. The average molecular weight is 452 g/mol. The Bertz CT molecular complexity index is 864. The van der Waals surface area contributed by atoms with Crippen LogP contribution in [0.2, 0.25) is 0 Å². The number of anilines is 1. The zero-order chi connectivity index (χ0) is 23.5.